The second-order valence-electron chi connectivity index (χ2n) is 3.25. The van der Waals surface area contributed by atoms with Crippen LogP contribution in [0.4, 0.5) is 4.79 Å². The molecule has 1 aliphatic heterocycles. The minimum Gasteiger partial charge on any atom is -0.352 e. The smallest absolute Gasteiger partial charge is 0.312 e. The Bertz CT molecular complexity index is 217. The van der Waals surface area contributed by atoms with E-state index in [-0.39, 0.29) is 11.9 Å². The summed E-state index contributed by atoms with van der Waals surface area (Å²) < 4.78 is 0. The van der Waals surface area contributed by atoms with Crippen molar-refractivity contribution in [2.75, 3.05) is 13.1 Å². The fourth-order valence-corrected chi connectivity index (χ4v) is 1.68. The largest absolute Gasteiger partial charge is 0.352 e. The minimum absolute atomic E-state index is 0.0637. The number of carbonyl (C=O) groups is 2. The van der Waals surface area contributed by atoms with Crippen molar-refractivity contribution >= 4 is 11.9 Å². The minimum atomic E-state index is -0.532. The lowest BCUT2D eigenvalue weighted by atomic mass is 10.2. The average Bonchev–Trinajstić information content (AvgIpc) is 2.47. The second-order valence-corrected chi connectivity index (χ2v) is 3.25. The molecule has 0 aromatic heterocycles. The van der Waals surface area contributed by atoms with Gasteiger partial charge in [0.2, 0.25) is 5.91 Å². The monoisotopic (exact) mass is 185 g/mol. The zero-order chi connectivity index (χ0) is 9.84. The van der Waals surface area contributed by atoms with Crippen LogP contribution in [0.3, 0.4) is 0 Å². The molecule has 0 spiro atoms. The Balaban J connectivity index is 2.39. The zero-order valence-corrected chi connectivity index (χ0v) is 7.75. The van der Waals surface area contributed by atoms with Gasteiger partial charge in [-0.3, -0.25) is 4.79 Å². The predicted octanol–water partition coefficient (Wildman–Crippen LogP) is -0.334. The van der Waals surface area contributed by atoms with Crippen molar-refractivity contribution in [3.05, 3.63) is 0 Å². The quantitative estimate of drug-likeness (QED) is 0.618. The van der Waals surface area contributed by atoms with E-state index in [4.69, 9.17) is 5.73 Å². The molecule has 1 rings (SSSR count). The van der Waals surface area contributed by atoms with E-state index in [1.807, 2.05) is 0 Å². The van der Waals surface area contributed by atoms with Gasteiger partial charge in [0.25, 0.3) is 0 Å². The highest BCUT2D eigenvalue weighted by molar-refractivity contribution is 5.74. The molecule has 1 fully saturated rings. The van der Waals surface area contributed by atoms with Gasteiger partial charge < -0.3 is 16.0 Å². The van der Waals surface area contributed by atoms with E-state index in [2.05, 4.69) is 5.32 Å². The Hall–Kier alpha value is -1.26. The molecule has 74 valence electrons. The van der Waals surface area contributed by atoms with Crippen molar-refractivity contribution in [1.82, 2.24) is 10.2 Å². The van der Waals surface area contributed by atoms with Crippen molar-refractivity contribution in [2.24, 2.45) is 5.73 Å². The molecular weight excluding hydrogens is 170 g/mol. The summed E-state index contributed by atoms with van der Waals surface area (Å²) in [6, 6.07) is -0.402. The van der Waals surface area contributed by atoms with Gasteiger partial charge in [0.05, 0.1) is 0 Å². The van der Waals surface area contributed by atoms with Crippen LogP contribution in [0.25, 0.3) is 0 Å². The van der Waals surface area contributed by atoms with Crippen molar-refractivity contribution in [3.8, 4) is 0 Å². The van der Waals surface area contributed by atoms with Gasteiger partial charge in [-0.05, 0) is 12.8 Å². The summed E-state index contributed by atoms with van der Waals surface area (Å²) in [6.07, 6.45) is 1.95. The van der Waals surface area contributed by atoms with E-state index >= 15 is 0 Å². The number of hydrogen-bond acceptors (Lipinski definition) is 2. The molecule has 0 aromatic rings. The van der Waals surface area contributed by atoms with Gasteiger partial charge in [-0.2, -0.15) is 0 Å². The van der Waals surface area contributed by atoms with E-state index in [1.165, 1.54) is 0 Å². The highest BCUT2D eigenvalue weighted by atomic mass is 16.2. The van der Waals surface area contributed by atoms with Gasteiger partial charge in [0, 0.05) is 26.1 Å². The van der Waals surface area contributed by atoms with Crippen LogP contribution in [0.5, 0.6) is 0 Å². The van der Waals surface area contributed by atoms with Crippen LogP contribution in [-0.2, 0) is 4.79 Å². The first kappa shape index (κ1) is 9.83. The van der Waals surface area contributed by atoms with Crippen LogP contribution in [0.2, 0.25) is 0 Å². The third-order valence-electron chi connectivity index (χ3n) is 2.29. The molecular formula is C8H15N3O2. The van der Waals surface area contributed by atoms with Crippen LogP contribution in [0, 0.1) is 0 Å². The Labute approximate surface area is 77.3 Å². The summed E-state index contributed by atoms with van der Waals surface area (Å²) in [4.78, 5) is 23.3. The molecule has 0 radical (unpaired) electrons. The first-order chi connectivity index (χ1) is 6.11. The number of urea groups is 1. The molecule has 5 nitrogen and oxygen atoms in total. The Morgan fingerprint density at radius 3 is 2.85 bits per heavy atom. The molecule has 0 aliphatic carbocycles. The number of rotatable bonds is 2. The number of amides is 3. The fraction of sp³-hybridized carbons (Fsp3) is 0.750. The maximum atomic E-state index is 11.1. The highest BCUT2D eigenvalue weighted by Crippen LogP contribution is 2.16. The van der Waals surface area contributed by atoms with Gasteiger partial charge in [0.15, 0.2) is 0 Å². The van der Waals surface area contributed by atoms with Crippen LogP contribution in [-0.4, -0.2) is 36.0 Å². The number of nitrogens with one attached hydrogen (secondary N) is 1. The molecule has 0 aromatic carbocycles. The molecule has 0 saturated carbocycles. The van der Waals surface area contributed by atoms with Crippen LogP contribution >= 0.6 is 0 Å². The normalized spacial score (nSPS) is 21.6. The lowest BCUT2D eigenvalue weighted by molar-refractivity contribution is -0.129. The Morgan fingerprint density at radius 2 is 2.31 bits per heavy atom. The molecule has 13 heavy (non-hydrogen) atoms. The molecule has 1 atom stereocenters. The molecule has 0 bridgehead atoms. The third kappa shape index (κ3) is 2.61. The number of nitrogens with two attached hydrogens (primary N) is 1. The van der Waals surface area contributed by atoms with Crippen molar-refractivity contribution in [3.63, 3.8) is 0 Å². The number of carbonyl (C=O) groups excluding carboxylic acids is 2. The summed E-state index contributed by atoms with van der Waals surface area (Å²) >= 11 is 0. The molecule has 1 unspecified atom stereocenters. The lowest BCUT2D eigenvalue weighted by Crippen LogP contribution is -2.43. The maximum Gasteiger partial charge on any atom is 0.312 e. The predicted molar refractivity (Wildman–Crippen MR) is 48.0 cm³/mol. The zero-order valence-electron chi connectivity index (χ0n) is 7.75. The molecule has 3 N–H and O–H groups in total. The van der Waals surface area contributed by atoms with Gasteiger partial charge in [-0.1, -0.05) is 0 Å². The fourth-order valence-electron chi connectivity index (χ4n) is 1.68. The SMILES string of the molecule is CC(=O)N1CCCC1CNC(N)=O. The summed E-state index contributed by atoms with van der Waals surface area (Å²) in [5.74, 6) is 0.0637. The Kier molecular flexibility index (Phi) is 3.11. The van der Waals surface area contributed by atoms with E-state index in [0.29, 0.717) is 6.54 Å². The lowest BCUT2D eigenvalue weighted by Gasteiger charge is -2.22. The molecule has 1 aliphatic rings. The third-order valence-corrected chi connectivity index (χ3v) is 2.29. The topological polar surface area (TPSA) is 75.4 Å². The van der Waals surface area contributed by atoms with Crippen LogP contribution in [0.1, 0.15) is 19.8 Å². The average molecular weight is 185 g/mol. The van der Waals surface area contributed by atoms with E-state index < -0.39 is 6.03 Å². The van der Waals surface area contributed by atoms with Crippen LogP contribution in [0.15, 0.2) is 0 Å². The summed E-state index contributed by atoms with van der Waals surface area (Å²) in [7, 11) is 0. The number of nitrogens with zero attached hydrogens (tertiary/aromatic N) is 1. The highest BCUT2D eigenvalue weighted by Gasteiger charge is 2.26. The first-order valence-corrected chi connectivity index (χ1v) is 4.42. The molecule has 3 amide bonds. The Morgan fingerprint density at radius 1 is 1.62 bits per heavy atom. The number of likely N-dealkylation sites (tertiary alicyclic amines) is 1. The second kappa shape index (κ2) is 4.11. The molecule has 1 saturated heterocycles. The summed E-state index contributed by atoms with van der Waals surface area (Å²) in [5.41, 5.74) is 4.94. The van der Waals surface area contributed by atoms with Gasteiger partial charge >= 0.3 is 6.03 Å². The van der Waals surface area contributed by atoms with Crippen molar-refractivity contribution in [2.45, 2.75) is 25.8 Å². The summed E-state index contributed by atoms with van der Waals surface area (Å²) in [6.45, 7) is 2.80. The molecule has 5 heteroatoms. The van der Waals surface area contributed by atoms with Crippen LogP contribution < -0.4 is 11.1 Å². The summed E-state index contributed by atoms with van der Waals surface area (Å²) in [5, 5.41) is 2.52. The van der Waals surface area contributed by atoms with Gasteiger partial charge in [0.1, 0.15) is 0 Å². The number of primary amides is 1. The van der Waals surface area contributed by atoms with Crippen molar-refractivity contribution < 1.29 is 9.59 Å². The molecule has 1 heterocycles. The van der Waals surface area contributed by atoms with E-state index in [0.717, 1.165) is 19.4 Å². The first-order valence-electron chi connectivity index (χ1n) is 4.42. The standard InChI is InChI=1S/C8H15N3O2/c1-6(12)11-4-2-3-7(11)5-10-8(9)13/h7H,2-5H2,1H3,(H3,9,10,13). The van der Waals surface area contributed by atoms with E-state index in [9.17, 15) is 9.59 Å². The van der Waals surface area contributed by atoms with Crippen molar-refractivity contribution in [1.29, 1.82) is 0 Å². The van der Waals surface area contributed by atoms with Gasteiger partial charge in [-0.15, -0.1) is 0 Å². The van der Waals surface area contributed by atoms with Gasteiger partial charge in [-0.25, -0.2) is 4.79 Å². The number of hydrogen-bond donors (Lipinski definition) is 2. The maximum absolute atomic E-state index is 11.1. The van der Waals surface area contributed by atoms with E-state index in [1.54, 1.807) is 11.8 Å².